The maximum absolute atomic E-state index is 5.96. The molecular weight excluding hydrogens is 232 g/mol. The Morgan fingerprint density at radius 1 is 1.00 bits per heavy atom. The summed E-state index contributed by atoms with van der Waals surface area (Å²) in [6.45, 7) is 9.58. The summed E-state index contributed by atoms with van der Waals surface area (Å²) in [5.74, 6) is 0. The van der Waals surface area contributed by atoms with Crippen LogP contribution in [-0.2, 0) is 11.2 Å². The summed E-state index contributed by atoms with van der Waals surface area (Å²) in [6, 6.07) is 15.1. The van der Waals surface area contributed by atoms with E-state index in [-0.39, 0.29) is 11.5 Å². The minimum absolute atomic E-state index is 0.229. The molecule has 0 aliphatic heterocycles. The molecule has 0 radical (unpaired) electrons. The monoisotopic (exact) mass is 256 g/mol. The van der Waals surface area contributed by atoms with Gasteiger partial charge < -0.3 is 4.74 Å². The van der Waals surface area contributed by atoms with Crippen LogP contribution >= 0.6 is 0 Å². The highest BCUT2D eigenvalue weighted by atomic mass is 16.5. The van der Waals surface area contributed by atoms with Gasteiger partial charge in [0.05, 0.1) is 12.7 Å². The van der Waals surface area contributed by atoms with Gasteiger partial charge in [-0.15, -0.1) is 0 Å². The lowest BCUT2D eigenvalue weighted by Crippen LogP contribution is -2.21. The Labute approximate surface area is 116 Å². The quantitative estimate of drug-likeness (QED) is 0.761. The van der Waals surface area contributed by atoms with Crippen LogP contribution in [0.2, 0.25) is 0 Å². The highest BCUT2D eigenvalue weighted by Gasteiger charge is 2.13. The lowest BCUT2D eigenvalue weighted by atomic mass is 9.98. The molecule has 0 fully saturated rings. The molecule has 0 bridgehead atoms. The third-order valence-corrected chi connectivity index (χ3v) is 3.19. The lowest BCUT2D eigenvalue weighted by molar-refractivity contribution is 0.0192. The summed E-state index contributed by atoms with van der Waals surface area (Å²) in [7, 11) is 0. The number of hydrogen-bond donors (Lipinski definition) is 0. The fourth-order valence-electron chi connectivity index (χ4n) is 2.23. The first kappa shape index (κ1) is 14.1. The molecule has 19 heavy (non-hydrogen) atoms. The first-order valence-electron chi connectivity index (χ1n) is 7.04. The van der Waals surface area contributed by atoms with Gasteiger partial charge in [-0.2, -0.15) is 0 Å². The van der Waals surface area contributed by atoms with E-state index in [1.54, 1.807) is 0 Å². The molecule has 0 saturated heterocycles. The molecular formula is C18H24O. The summed E-state index contributed by atoms with van der Waals surface area (Å²) in [6.07, 6.45) is 1.22. The van der Waals surface area contributed by atoms with Gasteiger partial charge in [0.2, 0.25) is 0 Å². The largest absolute Gasteiger partial charge is 0.378 e. The van der Waals surface area contributed by atoms with Gasteiger partial charge >= 0.3 is 0 Å². The van der Waals surface area contributed by atoms with Crippen LogP contribution < -0.4 is 0 Å². The summed E-state index contributed by atoms with van der Waals surface area (Å²) in [5.41, 5.74) is 1.60. The molecule has 0 heterocycles. The zero-order chi connectivity index (χ0) is 13.9. The molecule has 0 spiro atoms. The number of hydrogen-bond acceptors (Lipinski definition) is 1. The van der Waals surface area contributed by atoms with Crippen LogP contribution in [0.5, 0.6) is 0 Å². The second kappa shape index (κ2) is 5.75. The lowest BCUT2D eigenvalue weighted by Gasteiger charge is -2.22. The van der Waals surface area contributed by atoms with Crippen molar-refractivity contribution in [3.05, 3.63) is 48.0 Å². The number of fused-ring (bicyclic) bond motifs is 1. The van der Waals surface area contributed by atoms with Crippen molar-refractivity contribution in [1.29, 1.82) is 0 Å². The van der Waals surface area contributed by atoms with Gasteiger partial charge in [0.1, 0.15) is 0 Å². The Kier molecular flexibility index (Phi) is 4.26. The highest BCUT2D eigenvalue weighted by molar-refractivity contribution is 5.85. The third kappa shape index (κ3) is 4.07. The van der Waals surface area contributed by atoms with Gasteiger partial charge in [0.25, 0.3) is 0 Å². The molecule has 1 atom stereocenters. The molecule has 1 heteroatoms. The van der Waals surface area contributed by atoms with Crippen molar-refractivity contribution in [2.45, 2.75) is 40.2 Å². The summed E-state index contributed by atoms with van der Waals surface area (Å²) < 4.78 is 5.96. The van der Waals surface area contributed by atoms with Crippen LogP contribution in [0, 0.1) is 5.41 Å². The number of ether oxygens (including phenoxy) is 1. The van der Waals surface area contributed by atoms with E-state index in [9.17, 15) is 0 Å². The van der Waals surface area contributed by atoms with Crippen molar-refractivity contribution in [3.8, 4) is 0 Å². The van der Waals surface area contributed by atoms with Crippen molar-refractivity contribution in [2.24, 2.45) is 5.41 Å². The van der Waals surface area contributed by atoms with Gasteiger partial charge in [-0.25, -0.2) is 0 Å². The van der Waals surface area contributed by atoms with Crippen LogP contribution in [0.1, 0.15) is 33.3 Å². The van der Waals surface area contributed by atoms with Crippen molar-refractivity contribution in [2.75, 3.05) is 6.61 Å². The molecule has 0 N–H and O–H groups in total. The molecule has 2 rings (SSSR count). The predicted molar refractivity (Wildman–Crippen MR) is 82.5 cm³/mol. The zero-order valence-corrected chi connectivity index (χ0v) is 12.4. The van der Waals surface area contributed by atoms with Crippen molar-refractivity contribution >= 4 is 10.8 Å². The topological polar surface area (TPSA) is 9.23 Å². The fourth-order valence-corrected chi connectivity index (χ4v) is 2.23. The Morgan fingerprint density at radius 2 is 1.68 bits per heavy atom. The van der Waals surface area contributed by atoms with Crippen molar-refractivity contribution < 1.29 is 4.74 Å². The Morgan fingerprint density at radius 3 is 2.42 bits per heavy atom. The minimum atomic E-state index is 0.229. The molecule has 0 aromatic heterocycles. The van der Waals surface area contributed by atoms with Crippen molar-refractivity contribution in [1.82, 2.24) is 0 Å². The molecule has 0 amide bonds. The minimum Gasteiger partial charge on any atom is -0.378 e. The van der Waals surface area contributed by atoms with Crippen LogP contribution in [0.25, 0.3) is 10.8 Å². The van der Waals surface area contributed by atoms with E-state index < -0.39 is 0 Å². The van der Waals surface area contributed by atoms with E-state index >= 15 is 0 Å². The van der Waals surface area contributed by atoms with E-state index in [0.717, 1.165) is 13.0 Å². The average molecular weight is 256 g/mol. The number of benzene rings is 2. The molecule has 2 aromatic rings. The van der Waals surface area contributed by atoms with Gasteiger partial charge in [-0.05, 0) is 35.1 Å². The van der Waals surface area contributed by atoms with Gasteiger partial charge in [0.15, 0.2) is 0 Å². The highest BCUT2D eigenvalue weighted by Crippen LogP contribution is 2.21. The summed E-state index contributed by atoms with van der Waals surface area (Å²) in [5, 5.41) is 2.65. The normalized spacial score (nSPS) is 13.7. The SMILES string of the molecule is CC(Cc1cccc2ccccc12)OCC(C)(C)C. The van der Waals surface area contributed by atoms with Crippen LogP contribution in [0.15, 0.2) is 42.5 Å². The van der Waals surface area contributed by atoms with Crippen LogP contribution in [-0.4, -0.2) is 12.7 Å². The zero-order valence-electron chi connectivity index (χ0n) is 12.4. The summed E-state index contributed by atoms with van der Waals surface area (Å²) in [4.78, 5) is 0. The smallest absolute Gasteiger partial charge is 0.0587 e. The van der Waals surface area contributed by atoms with Gasteiger partial charge in [0, 0.05) is 0 Å². The first-order valence-corrected chi connectivity index (χ1v) is 7.04. The molecule has 0 aliphatic rings. The van der Waals surface area contributed by atoms with E-state index in [1.165, 1.54) is 16.3 Å². The molecule has 0 saturated carbocycles. The standard InChI is InChI=1S/C18H24O/c1-14(19-13-18(2,3)4)12-16-10-7-9-15-8-5-6-11-17(15)16/h5-11,14H,12-13H2,1-4H3. The Balaban J connectivity index is 2.09. The van der Waals surface area contributed by atoms with E-state index in [0.29, 0.717) is 0 Å². The maximum atomic E-state index is 5.96. The van der Waals surface area contributed by atoms with E-state index in [4.69, 9.17) is 4.74 Å². The maximum Gasteiger partial charge on any atom is 0.0587 e. The summed E-state index contributed by atoms with van der Waals surface area (Å²) >= 11 is 0. The van der Waals surface area contributed by atoms with Crippen molar-refractivity contribution in [3.63, 3.8) is 0 Å². The average Bonchev–Trinajstić information content (AvgIpc) is 2.36. The van der Waals surface area contributed by atoms with E-state index in [2.05, 4.69) is 70.2 Å². The molecule has 1 nitrogen and oxygen atoms in total. The molecule has 102 valence electrons. The molecule has 1 unspecified atom stereocenters. The fraction of sp³-hybridized carbons (Fsp3) is 0.444. The van der Waals surface area contributed by atoms with Crippen LogP contribution in [0.4, 0.5) is 0 Å². The predicted octanol–water partition coefficient (Wildman–Crippen LogP) is 4.83. The molecule has 0 aliphatic carbocycles. The molecule has 2 aromatic carbocycles. The second-order valence-electron chi connectivity index (χ2n) is 6.52. The second-order valence-corrected chi connectivity index (χ2v) is 6.52. The van der Waals surface area contributed by atoms with E-state index in [1.807, 2.05) is 0 Å². The van der Waals surface area contributed by atoms with Crippen LogP contribution in [0.3, 0.4) is 0 Å². The Hall–Kier alpha value is -1.34. The van der Waals surface area contributed by atoms with Gasteiger partial charge in [-0.1, -0.05) is 63.2 Å². The first-order chi connectivity index (χ1) is 8.96. The number of rotatable bonds is 4. The van der Waals surface area contributed by atoms with Gasteiger partial charge in [-0.3, -0.25) is 0 Å². The third-order valence-electron chi connectivity index (χ3n) is 3.19. The Bertz CT molecular complexity index is 531.